The summed E-state index contributed by atoms with van der Waals surface area (Å²) in [6, 6.07) is 16.6. The maximum atomic E-state index is 10.8. The van der Waals surface area contributed by atoms with Crippen LogP contribution in [0.25, 0.3) is 11.0 Å². The lowest BCUT2D eigenvalue weighted by Gasteiger charge is -2.08. The molecule has 29 heavy (non-hydrogen) atoms. The molecular weight excluding hydrogens is 370 g/mol. The molecule has 2 heterocycles. The first-order valence-corrected chi connectivity index (χ1v) is 9.15. The lowest BCUT2D eigenvalue weighted by Crippen LogP contribution is -2.08. The number of hydrogen-bond acceptors (Lipinski definition) is 7. The number of aromatic amines is 1. The molecule has 2 aromatic heterocycles. The molecule has 0 unspecified atom stereocenters. The number of anilines is 2. The maximum Gasteiger partial charge on any atom is 0.269 e. The molecule has 0 saturated carbocycles. The average Bonchev–Trinajstić information content (AvgIpc) is 3.17. The van der Waals surface area contributed by atoms with Gasteiger partial charge in [-0.2, -0.15) is 5.10 Å². The second-order valence-corrected chi connectivity index (χ2v) is 6.46. The Bertz CT molecular complexity index is 1110. The molecule has 0 fully saturated rings. The quantitative estimate of drug-likeness (QED) is 0.311. The predicted molar refractivity (Wildman–Crippen MR) is 111 cm³/mol. The fourth-order valence-electron chi connectivity index (χ4n) is 3.01. The van der Waals surface area contributed by atoms with Gasteiger partial charge in [0.05, 0.1) is 4.92 Å². The summed E-state index contributed by atoms with van der Waals surface area (Å²) in [7, 11) is 0. The van der Waals surface area contributed by atoms with E-state index >= 15 is 0 Å². The molecule has 0 aliphatic rings. The number of rotatable bonds is 8. The van der Waals surface area contributed by atoms with Crippen LogP contribution in [0.2, 0.25) is 0 Å². The highest BCUT2D eigenvalue weighted by atomic mass is 16.6. The van der Waals surface area contributed by atoms with Gasteiger partial charge in [-0.05, 0) is 17.5 Å². The van der Waals surface area contributed by atoms with Crippen molar-refractivity contribution < 1.29 is 4.92 Å². The summed E-state index contributed by atoms with van der Waals surface area (Å²) < 4.78 is 0. The van der Waals surface area contributed by atoms with Gasteiger partial charge in [-0.25, -0.2) is 9.97 Å². The number of H-pyrrole nitrogens is 1. The van der Waals surface area contributed by atoms with Crippen LogP contribution in [0.1, 0.15) is 11.1 Å². The van der Waals surface area contributed by atoms with Gasteiger partial charge in [0, 0.05) is 25.2 Å². The first kappa shape index (κ1) is 18.4. The predicted octanol–water partition coefficient (Wildman–Crippen LogP) is 3.53. The van der Waals surface area contributed by atoms with Crippen molar-refractivity contribution in [2.45, 2.75) is 13.0 Å². The molecule has 0 radical (unpaired) electrons. The molecule has 146 valence electrons. The van der Waals surface area contributed by atoms with Crippen LogP contribution >= 0.6 is 0 Å². The zero-order chi connectivity index (χ0) is 20.1. The van der Waals surface area contributed by atoms with Crippen molar-refractivity contribution in [1.82, 2.24) is 20.2 Å². The zero-order valence-corrected chi connectivity index (χ0v) is 15.5. The molecule has 9 heteroatoms. The van der Waals surface area contributed by atoms with Crippen LogP contribution in [0.5, 0.6) is 0 Å². The second-order valence-electron chi connectivity index (χ2n) is 6.46. The number of aromatic nitrogens is 4. The third-order valence-electron chi connectivity index (χ3n) is 4.51. The third-order valence-corrected chi connectivity index (χ3v) is 4.51. The van der Waals surface area contributed by atoms with Crippen LogP contribution < -0.4 is 10.6 Å². The van der Waals surface area contributed by atoms with Gasteiger partial charge in [-0.1, -0.05) is 42.5 Å². The Morgan fingerprint density at radius 1 is 0.931 bits per heavy atom. The van der Waals surface area contributed by atoms with Crippen molar-refractivity contribution in [3.63, 3.8) is 0 Å². The lowest BCUT2D eigenvalue weighted by atomic mass is 10.1. The summed E-state index contributed by atoms with van der Waals surface area (Å²) in [5.41, 5.74) is 2.85. The van der Waals surface area contributed by atoms with Crippen molar-refractivity contribution in [1.29, 1.82) is 0 Å². The van der Waals surface area contributed by atoms with E-state index in [0.29, 0.717) is 23.8 Å². The normalized spacial score (nSPS) is 10.8. The topological polar surface area (TPSA) is 122 Å². The fourth-order valence-corrected chi connectivity index (χ4v) is 3.01. The van der Waals surface area contributed by atoms with E-state index in [4.69, 9.17) is 0 Å². The molecule has 0 aliphatic heterocycles. The summed E-state index contributed by atoms with van der Waals surface area (Å²) in [6.07, 6.45) is 2.36. The molecule has 2 aromatic carbocycles. The van der Waals surface area contributed by atoms with Crippen molar-refractivity contribution in [3.8, 4) is 0 Å². The minimum Gasteiger partial charge on any atom is -0.369 e. The van der Waals surface area contributed by atoms with Gasteiger partial charge in [-0.3, -0.25) is 15.2 Å². The number of fused-ring (bicyclic) bond motifs is 1. The summed E-state index contributed by atoms with van der Waals surface area (Å²) in [4.78, 5) is 18.9. The van der Waals surface area contributed by atoms with E-state index in [-0.39, 0.29) is 5.69 Å². The standard InChI is InChI=1S/C20H19N7O2/c28-27(29)16-8-6-15(7-9-16)12-22-19-17-18(23-13-24-20(17)26-25-19)21-11-10-14-4-2-1-3-5-14/h1-9,13H,10-12H2,(H3,21,22,23,24,25,26). The summed E-state index contributed by atoms with van der Waals surface area (Å²) in [5, 5.41) is 25.4. The smallest absolute Gasteiger partial charge is 0.269 e. The van der Waals surface area contributed by atoms with Crippen LogP contribution in [0.4, 0.5) is 17.3 Å². The monoisotopic (exact) mass is 389 g/mol. The number of nitrogens with one attached hydrogen (secondary N) is 3. The highest BCUT2D eigenvalue weighted by Crippen LogP contribution is 2.26. The zero-order valence-electron chi connectivity index (χ0n) is 15.5. The van der Waals surface area contributed by atoms with E-state index in [9.17, 15) is 10.1 Å². The number of hydrogen-bond donors (Lipinski definition) is 3. The molecular formula is C20H19N7O2. The van der Waals surface area contributed by atoms with E-state index in [1.807, 2.05) is 18.2 Å². The Morgan fingerprint density at radius 2 is 1.72 bits per heavy atom. The molecule has 0 spiro atoms. The number of nitrogens with zero attached hydrogens (tertiary/aromatic N) is 4. The van der Waals surface area contributed by atoms with Crippen LogP contribution in [-0.4, -0.2) is 31.6 Å². The molecule has 3 N–H and O–H groups in total. The first-order valence-electron chi connectivity index (χ1n) is 9.15. The molecule has 0 bridgehead atoms. The van der Waals surface area contributed by atoms with Crippen molar-refractivity contribution in [3.05, 3.63) is 82.2 Å². The number of nitro benzene ring substituents is 1. The van der Waals surface area contributed by atoms with Gasteiger partial charge < -0.3 is 10.6 Å². The Kier molecular flexibility index (Phi) is 5.28. The molecule has 0 amide bonds. The Morgan fingerprint density at radius 3 is 2.48 bits per heavy atom. The van der Waals surface area contributed by atoms with Crippen LogP contribution in [0.15, 0.2) is 60.9 Å². The van der Waals surface area contributed by atoms with Crippen molar-refractivity contribution in [2.75, 3.05) is 17.2 Å². The number of nitro groups is 1. The third kappa shape index (κ3) is 4.29. The Labute approximate surface area is 166 Å². The van der Waals surface area contributed by atoms with Crippen molar-refractivity contribution >= 4 is 28.4 Å². The van der Waals surface area contributed by atoms with E-state index in [0.717, 1.165) is 23.9 Å². The maximum absolute atomic E-state index is 10.8. The summed E-state index contributed by atoms with van der Waals surface area (Å²) >= 11 is 0. The van der Waals surface area contributed by atoms with Crippen LogP contribution in [0, 0.1) is 10.1 Å². The second kappa shape index (κ2) is 8.34. The fraction of sp³-hybridized carbons (Fsp3) is 0.150. The van der Waals surface area contributed by atoms with Crippen molar-refractivity contribution in [2.24, 2.45) is 0 Å². The minimum absolute atomic E-state index is 0.0669. The van der Waals surface area contributed by atoms with Crippen LogP contribution in [-0.2, 0) is 13.0 Å². The number of non-ortho nitro benzene ring substituents is 1. The van der Waals surface area contributed by atoms with Crippen LogP contribution in [0.3, 0.4) is 0 Å². The van der Waals surface area contributed by atoms with E-state index in [1.165, 1.54) is 24.0 Å². The average molecular weight is 389 g/mol. The van der Waals surface area contributed by atoms with Gasteiger partial charge in [0.25, 0.3) is 5.69 Å². The first-order chi connectivity index (χ1) is 14.2. The van der Waals surface area contributed by atoms with Gasteiger partial charge in [0.15, 0.2) is 11.5 Å². The highest BCUT2D eigenvalue weighted by Gasteiger charge is 2.13. The molecule has 0 atom stereocenters. The van der Waals surface area contributed by atoms with E-state index in [2.05, 4.69) is 42.9 Å². The van der Waals surface area contributed by atoms with E-state index < -0.39 is 4.92 Å². The summed E-state index contributed by atoms with van der Waals surface area (Å²) in [6.45, 7) is 1.19. The number of benzene rings is 2. The summed E-state index contributed by atoms with van der Waals surface area (Å²) in [5.74, 6) is 1.33. The molecule has 0 aliphatic carbocycles. The lowest BCUT2D eigenvalue weighted by molar-refractivity contribution is -0.384. The van der Waals surface area contributed by atoms with E-state index in [1.54, 1.807) is 12.1 Å². The highest BCUT2D eigenvalue weighted by molar-refractivity contribution is 5.96. The van der Waals surface area contributed by atoms with Gasteiger partial charge in [0.2, 0.25) is 0 Å². The molecule has 4 rings (SSSR count). The Balaban J connectivity index is 1.46. The van der Waals surface area contributed by atoms with Gasteiger partial charge >= 0.3 is 0 Å². The minimum atomic E-state index is -0.414. The van der Waals surface area contributed by atoms with Gasteiger partial charge in [0.1, 0.15) is 17.5 Å². The van der Waals surface area contributed by atoms with Gasteiger partial charge in [-0.15, -0.1) is 0 Å². The molecule has 9 nitrogen and oxygen atoms in total. The molecule has 0 saturated heterocycles. The molecule has 4 aromatic rings. The largest absolute Gasteiger partial charge is 0.369 e. The Hall–Kier alpha value is -4.01. The SMILES string of the molecule is O=[N+]([O-])c1ccc(CNc2n[nH]c3ncnc(NCCc4ccccc4)c23)cc1.